The number of rotatable bonds is 4. The highest BCUT2D eigenvalue weighted by atomic mass is 16.2. The Labute approximate surface area is 167 Å². The van der Waals surface area contributed by atoms with E-state index >= 15 is 0 Å². The first-order valence-electron chi connectivity index (χ1n) is 9.92. The fourth-order valence-corrected chi connectivity index (χ4v) is 3.50. The van der Waals surface area contributed by atoms with Gasteiger partial charge in [0.2, 0.25) is 0 Å². The van der Waals surface area contributed by atoms with Gasteiger partial charge in [-0.05, 0) is 61.9 Å². The van der Waals surface area contributed by atoms with E-state index in [2.05, 4.69) is 17.6 Å². The van der Waals surface area contributed by atoms with Crippen LogP contribution in [-0.2, 0) is 6.54 Å². The molecular weight excluding hydrogens is 350 g/mol. The molecule has 1 saturated heterocycles. The first kappa shape index (κ1) is 19.9. The molecule has 0 saturated carbocycles. The minimum absolute atomic E-state index is 0.0745. The van der Waals surface area contributed by atoms with Crippen LogP contribution in [0.15, 0.2) is 42.5 Å². The van der Waals surface area contributed by atoms with Gasteiger partial charge in [0.25, 0.3) is 5.91 Å². The molecule has 1 aliphatic rings. The lowest BCUT2D eigenvalue weighted by atomic mass is 9.98. The third-order valence-corrected chi connectivity index (χ3v) is 5.33. The van der Waals surface area contributed by atoms with Gasteiger partial charge in [-0.15, -0.1) is 0 Å². The van der Waals surface area contributed by atoms with Crippen molar-refractivity contribution in [3.63, 3.8) is 0 Å². The van der Waals surface area contributed by atoms with Crippen molar-refractivity contribution in [3.8, 4) is 0 Å². The monoisotopic (exact) mass is 379 g/mol. The number of aryl methyl sites for hydroxylation is 2. The summed E-state index contributed by atoms with van der Waals surface area (Å²) in [5, 5.41) is 5.74. The molecule has 148 valence electrons. The second-order valence-electron chi connectivity index (χ2n) is 7.80. The number of nitrogens with one attached hydrogen (secondary N) is 2. The number of benzene rings is 2. The minimum Gasteiger partial charge on any atom is -0.339 e. The Morgan fingerprint density at radius 1 is 1.07 bits per heavy atom. The highest BCUT2D eigenvalue weighted by molar-refractivity contribution is 5.96. The Morgan fingerprint density at radius 3 is 2.50 bits per heavy atom. The van der Waals surface area contributed by atoms with E-state index in [1.54, 1.807) is 12.1 Å². The summed E-state index contributed by atoms with van der Waals surface area (Å²) in [6, 6.07) is 13.2. The molecule has 1 aliphatic heterocycles. The summed E-state index contributed by atoms with van der Waals surface area (Å²) in [5.74, 6) is 0.765. The van der Waals surface area contributed by atoms with Crippen LogP contribution in [0.4, 0.5) is 10.5 Å². The zero-order valence-electron chi connectivity index (χ0n) is 16.9. The van der Waals surface area contributed by atoms with Crippen LogP contribution in [0.1, 0.15) is 46.8 Å². The molecule has 2 N–H and O–H groups in total. The molecule has 1 fully saturated rings. The molecule has 0 bridgehead atoms. The van der Waals surface area contributed by atoms with Gasteiger partial charge in [0.15, 0.2) is 0 Å². The van der Waals surface area contributed by atoms with Crippen LogP contribution in [0, 0.1) is 19.8 Å². The molecule has 0 spiro atoms. The van der Waals surface area contributed by atoms with Crippen LogP contribution < -0.4 is 10.6 Å². The number of anilines is 1. The summed E-state index contributed by atoms with van der Waals surface area (Å²) >= 11 is 0. The van der Waals surface area contributed by atoms with Gasteiger partial charge in [-0.1, -0.05) is 36.8 Å². The van der Waals surface area contributed by atoms with E-state index < -0.39 is 0 Å². The van der Waals surface area contributed by atoms with Crippen LogP contribution >= 0.6 is 0 Å². The van der Waals surface area contributed by atoms with Crippen molar-refractivity contribution in [2.24, 2.45) is 5.92 Å². The number of piperidine rings is 1. The fraction of sp³-hybridized carbons (Fsp3) is 0.391. The third-order valence-electron chi connectivity index (χ3n) is 5.33. The number of carbonyl (C=O) groups is 2. The van der Waals surface area contributed by atoms with Crippen molar-refractivity contribution >= 4 is 17.6 Å². The Morgan fingerprint density at radius 2 is 1.82 bits per heavy atom. The van der Waals surface area contributed by atoms with Crippen LogP contribution in [0.3, 0.4) is 0 Å². The van der Waals surface area contributed by atoms with E-state index in [4.69, 9.17) is 0 Å². The number of amides is 3. The van der Waals surface area contributed by atoms with E-state index in [1.165, 1.54) is 5.56 Å². The summed E-state index contributed by atoms with van der Waals surface area (Å²) < 4.78 is 0. The fourth-order valence-electron chi connectivity index (χ4n) is 3.50. The van der Waals surface area contributed by atoms with Gasteiger partial charge in [0.1, 0.15) is 0 Å². The van der Waals surface area contributed by atoms with Crippen LogP contribution in [0.25, 0.3) is 0 Å². The molecule has 3 rings (SSSR count). The summed E-state index contributed by atoms with van der Waals surface area (Å²) in [6.45, 7) is 8.28. The van der Waals surface area contributed by atoms with E-state index in [9.17, 15) is 9.59 Å². The highest BCUT2D eigenvalue weighted by Crippen LogP contribution is 2.21. The quantitative estimate of drug-likeness (QED) is 0.822. The molecule has 0 radical (unpaired) electrons. The summed E-state index contributed by atoms with van der Waals surface area (Å²) in [4.78, 5) is 26.9. The molecule has 1 heterocycles. The molecule has 5 nitrogen and oxygen atoms in total. The molecule has 2 aromatic rings. The van der Waals surface area contributed by atoms with Crippen LogP contribution in [0.2, 0.25) is 0 Å². The molecular formula is C23H29N3O2. The lowest BCUT2D eigenvalue weighted by molar-refractivity contribution is 0.0697. The van der Waals surface area contributed by atoms with Gasteiger partial charge in [0.05, 0.1) is 0 Å². The first-order valence-corrected chi connectivity index (χ1v) is 9.92. The number of nitrogens with zero attached hydrogens (tertiary/aromatic N) is 1. The zero-order valence-corrected chi connectivity index (χ0v) is 16.9. The van der Waals surface area contributed by atoms with E-state index in [0.717, 1.165) is 37.1 Å². The van der Waals surface area contributed by atoms with Gasteiger partial charge >= 0.3 is 6.03 Å². The first-order chi connectivity index (χ1) is 13.4. The second kappa shape index (κ2) is 8.91. The van der Waals surface area contributed by atoms with Gasteiger partial charge < -0.3 is 15.5 Å². The van der Waals surface area contributed by atoms with Gasteiger partial charge in [-0.3, -0.25) is 4.79 Å². The Hall–Kier alpha value is -2.82. The minimum atomic E-state index is -0.256. The van der Waals surface area contributed by atoms with E-state index in [-0.39, 0.29) is 11.9 Å². The summed E-state index contributed by atoms with van der Waals surface area (Å²) in [5.41, 5.74) is 4.49. The Balaban J connectivity index is 1.57. The predicted octanol–water partition coefficient (Wildman–Crippen LogP) is 4.50. The summed E-state index contributed by atoms with van der Waals surface area (Å²) in [7, 11) is 0. The lowest BCUT2D eigenvalue weighted by Crippen LogP contribution is -2.37. The Kier molecular flexibility index (Phi) is 6.34. The largest absolute Gasteiger partial charge is 0.339 e. The van der Waals surface area contributed by atoms with Crippen molar-refractivity contribution in [1.82, 2.24) is 10.2 Å². The maximum absolute atomic E-state index is 12.7. The number of carbonyl (C=O) groups excluding carboxylic acids is 2. The van der Waals surface area contributed by atoms with Crippen LogP contribution in [0.5, 0.6) is 0 Å². The van der Waals surface area contributed by atoms with E-state index in [0.29, 0.717) is 23.7 Å². The zero-order chi connectivity index (χ0) is 20.1. The average Bonchev–Trinajstić information content (AvgIpc) is 2.68. The highest BCUT2D eigenvalue weighted by Gasteiger charge is 2.21. The molecule has 3 amide bonds. The number of hydrogen-bond donors (Lipinski definition) is 2. The number of urea groups is 1. The molecule has 0 aromatic heterocycles. The average molecular weight is 380 g/mol. The van der Waals surface area contributed by atoms with Crippen molar-refractivity contribution < 1.29 is 9.59 Å². The molecule has 0 atom stereocenters. The number of hydrogen-bond acceptors (Lipinski definition) is 2. The van der Waals surface area contributed by atoms with Gasteiger partial charge in [0, 0.05) is 30.9 Å². The lowest BCUT2D eigenvalue weighted by Gasteiger charge is -2.30. The smallest absolute Gasteiger partial charge is 0.319 e. The van der Waals surface area contributed by atoms with Crippen molar-refractivity contribution in [1.29, 1.82) is 0 Å². The molecule has 0 aliphatic carbocycles. The van der Waals surface area contributed by atoms with E-state index in [1.807, 2.05) is 49.1 Å². The van der Waals surface area contributed by atoms with Gasteiger partial charge in [-0.25, -0.2) is 4.79 Å². The molecule has 28 heavy (non-hydrogen) atoms. The normalized spacial score (nSPS) is 14.6. The SMILES string of the molecule is Cc1cccc(CNC(=O)Nc2ccc(C(=O)N3CCC(C)CC3)cc2C)c1. The maximum atomic E-state index is 12.7. The van der Waals surface area contributed by atoms with Crippen molar-refractivity contribution in [3.05, 3.63) is 64.7 Å². The Bertz CT molecular complexity index is 855. The standard InChI is InChI=1S/C23H29N3O2/c1-16-9-11-26(12-10-16)22(27)20-7-8-21(18(3)14-20)25-23(28)24-15-19-6-4-5-17(2)13-19/h4-8,13-14,16H,9-12,15H2,1-3H3,(H2,24,25,28). The molecule has 2 aromatic carbocycles. The van der Waals surface area contributed by atoms with Crippen molar-refractivity contribution in [2.75, 3.05) is 18.4 Å². The van der Waals surface area contributed by atoms with Gasteiger partial charge in [-0.2, -0.15) is 0 Å². The maximum Gasteiger partial charge on any atom is 0.319 e. The molecule has 0 unspecified atom stereocenters. The summed E-state index contributed by atoms with van der Waals surface area (Å²) in [6.07, 6.45) is 2.12. The van der Waals surface area contributed by atoms with Crippen molar-refractivity contribution in [2.45, 2.75) is 40.2 Å². The molecule has 5 heteroatoms. The number of likely N-dealkylation sites (tertiary alicyclic amines) is 1. The third kappa shape index (κ3) is 5.12. The predicted molar refractivity (Wildman–Crippen MR) is 113 cm³/mol. The topological polar surface area (TPSA) is 61.4 Å². The van der Waals surface area contributed by atoms with Crippen LogP contribution in [-0.4, -0.2) is 29.9 Å². The second-order valence-corrected chi connectivity index (χ2v) is 7.80.